The highest BCUT2D eigenvalue weighted by Crippen LogP contribution is 2.33. The minimum absolute atomic E-state index is 0.422. The molecular weight excluding hydrogens is 230 g/mol. The highest BCUT2D eigenvalue weighted by Gasteiger charge is 2.22. The molecule has 1 aromatic carbocycles. The molecule has 1 aliphatic rings. The largest absolute Gasteiger partial charge is 0.371 e. The Morgan fingerprint density at radius 2 is 1.79 bits per heavy atom. The molecule has 1 nitrogen and oxygen atoms in total. The van der Waals surface area contributed by atoms with Crippen molar-refractivity contribution in [3.8, 4) is 0 Å². The molecule has 1 aromatic rings. The van der Waals surface area contributed by atoms with Gasteiger partial charge in [0, 0.05) is 18.8 Å². The van der Waals surface area contributed by atoms with Gasteiger partial charge in [0.2, 0.25) is 0 Å². The molecule has 0 aromatic heterocycles. The van der Waals surface area contributed by atoms with E-state index in [9.17, 15) is 0 Å². The zero-order valence-electron chi connectivity index (χ0n) is 12.9. The van der Waals surface area contributed by atoms with Gasteiger partial charge in [-0.2, -0.15) is 0 Å². The fraction of sp³-hybridized carbons (Fsp3) is 0.667. The molecular formula is C18H29N. The maximum atomic E-state index is 2.57. The predicted molar refractivity (Wildman–Crippen MR) is 84.9 cm³/mol. The Morgan fingerprint density at radius 3 is 2.47 bits per heavy atom. The molecule has 0 spiro atoms. The summed E-state index contributed by atoms with van der Waals surface area (Å²) in [7, 11) is 0. The Hall–Kier alpha value is -0.980. The third-order valence-electron chi connectivity index (χ3n) is 4.31. The van der Waals surface area contributed by atoms with Gasteiger partial charge in [0.25, 0.3) is 0 Å². The van der Waals surface area contributed by atoms with E-state index in [1.165, 1.54) is 57.3 Å². The van der Waals surface area contributed by atoms with Crippen molar-refractivity contribution in [2.75, 3.05) is 18.0 Å². The number of para-hydroxylation sites is 1. The van der Waals surface area contributed by atoms with Gasteiger partial charge in [-0.25, -0.2) is 0 Å². The fourth-order valence-electron chi connectivity index (χ4n) is 3.19. The standard InChI is InChI=1S/C18H29N/c1-4-5-12-18(2,3)15-16-10-6-7-11-17(16)19-13-8-9-14-19/h6-7,10-11H,4-5,8-9,12-15H2,1-3H3. The summed E-state index contributed by atoms with van der Waals surface area (Å²) in [5, 5.41) is 0. The maximum absolute atomic E-state index is 2.57. The molecule has 0 aliphatic carbocycles. The fourth-order valence-corrected chi connectivity index (χ4v) is 3.19. The molecule has 0 unspecified atom stereocenters. The molecule has 1 fully saturated rings. The maximum Gasteiger partial charge on any atom is 0.0398 e. The Labute approximate surface area is 119 Å². The van der Waals surface area contributed by atoms with E-state index in [1.54, 1.807) is 5.56 Å². The molecule has 1 heterocycles. The normalized spacial score (nSPS) is 16.1. The summed E-state index contributed by atoms with van der Waals surface area (Å²) in [6.07, 6.45) is 7.90. The summed E-state index contributed by atoms with van der Waals surface area (Å²) < 4.78 is 0. The van der Waals surface area contributed by atoms with Crippen molar-refractivity contribution >= 4 is 5.69 Å². The van der Waals surface area contributed by atoms with Crippen LogP contribution in [-0.4, -0.2) is 13.1 Å². The molecule has 106 valence electrons. The van der Waals surface area contributed by atoms with Crippen LogP contribution in [0.25, 0.3) is 0 Å². The van der Waals surface area contributed by atoms with Crippen LogP contribution in [0.3, 0.4) is 0 Å². The minimum Gasteiger partial charge on any atom is -0.371 e. The molecule has 1 aliphatic heterocycles. The van der Waals surface area contributed by atoms with Crippen molar-refractivity contribution in [3.05, 3.63) is 29.8 Å². The van der Waals surface area contributed by atoms with Crippen LogP contribution < -0.4 is 4.90 Å². The lowest BCUT2D eigenvalue weighted by Crippen LogP contribution is -2.22. The van der Waals surface area contributed by atoms with Crippen molar-refractivity contribution in [3.63, 3.8) is 0 Å². The van der Waals surface area contributed by atoms with Crippen molar-refractivity contribution in [1.29, 1.82) is 0 Å². The van der Waals surface area contributed by atoms with Gasteiger partial charge in [0.1, 0.15) is 0 Å². The number of benzene rings is 1. The highest BCUT2D eigenvalue weighted by molar-refractivity contribution is 5.54. The summed E-state index contributed by atoms with van der Waals surface area (Å²) in [5.41, 5.74) is 3.46. The Kier molecular flexibility index (Phi) is 4.90. The van der Waals surface area contributed by atoms with E-state index in [-0.39, 0.29) is 0 Å². The number of hydrogen-bond donors (Lipinski definition) is 0. The zero-order chi connectivity index (χ0) is 13.7. The van der Waals surface area contributed by atoms with E-state index in [4.69, 9.17) is 0 Å². The van der Waals surface area contributed by atoms with E-state index >= 15 is 0 Å². The Bertz CT molecular complexity index is 388. The van der Waals surface area contributed by atoms with E-state index < -0.39 is 0 Å². The predicted octanol–water partition coefficient (Wildman–Crippen LogP) is 5.05. The SMILES string of the molecule is CCCCC(C)(C)Cc1ccccc1N1CCCC1. The first-order valence-corrected chi connectivity index (χ1v) is 7.95. The van der Waals surface area contributed by atoms with Gasteiger partial charge in [-0.05, 0) is 42.7 Å². The van der Waals surface area contributed by atoms with Gasteiger partial charge in [-0.1, -0.05) is 51.8 Å². The lowest BCUT2D eigenvalue weighted by atomic mass is 9.81. The topological polar surface area (TPSA) is 3.24 Å². The quantitative estimate of drug-likeness (QED) is 0.691. The third kappa shape index (κ3) is 3.99. The second-order valence-electron chi connectivity index (χ2n) is 6.77. The van der Waals surface area contributed by atoms with Gasteiger partial charge >= 0.3 is 0 Å². The average Bonchev–Trinajstić information content (AvgIpc) is 2.90. The Morgan fingerprint density at radius 1 is 1.11 bits per heavy atom. The molecule has 2 rings (SSSR count). The summed E-state index contributed by atoms with van der Waals surface area (Å²) in [5.74, 6) is 0. The van der Waals surface area contributed by atoms with Crippen molar-refractivity contribution < 1.29 is 0 Å². The molecule has 0 amide bonds. The van der Waals surface area contributed by atoms with Crippen LogP contribution in [-0.2, 0) is 6.42 Å². The monoisotopic (exact) mass is 259 g/mol. The van der Waals surface area contributed by atoms with Crippen LogP contribution in [0.15, 0.2) is 24.3 Å². The second kappa shape index (κ2) is 6.45. The third-order valence-corrected chi connectivity index (χ3v) is 4.31. The number of unbranched alkanes of at least 4 members (excludes halogenated alkanes) is 1. The highest BCUT2D eigenvalue weighted by atomic mass is 15.1. The van der Waals surface area contributed by atoms with Crippen LogP contribution >= 0.6 is 0 Å². The molecule has 0 atom stereocenters. The Balaban J connectivity index is 2.10. The number of nitrogens with zero attached hydrogens (tertiary/aromatic N) is 1. The van der Waals surface area contributed by atoms with Crippen molar-refractivity contribution in [2.24, 2.45) is 5.41 Å². The first-order valence-electron chi connectivity index (χ1n) is 7.95. The number of anilines is 1. The smallest absolute Gasteiger partial charge is 0.0398 e. The molecule has 0 bridgehead atoms. The molecule has 0 N–H and O–H groups in total. The first kappa shape index (κ1) is 14.4. The van der Waals surface area contributed by atoms with Crippen LogP contribution in [0.2, 0.25) is 0 Å². The van der Waals surface area contributed by atoms with Gasteiger partial charge in [-0.15, -0.1) is 0 Å². The number of rotatable bonds is 6. The number of hydrogen-bond acceptors (Lipinski definition) is 1. The minimum atomic E-state index is 0.422. The first-order chi connectivity index (χ1) is 9.12. The van der Waals surface area contributed by atoms with E-state index in [2.05, 4.69) is 49.9 Å². The molecule has 1 saturated heterocycles. The molecule has 1 heteroatoms. The second-order valence-corrected chi connectivity index (χ2v) is 6.77. The lowest BCUT2D eigenvalue weighted by molar-refractivity contribution is 0.321. The van der Waals surface area contributed by atoms with Crippen LogP contribution in [0.1, 0.15) is 58.4 Å². The van der Waals surface area contributed by atoms with Gasteiger partial charge < -0.3 is 4.90 Å². The lowest BCUT2D eigenvalue weighted by Gasteiger charge is -2.28. The van der Waals surface area contributed by atoms with E-state index in [0.717, 1.165) is 0 Å². The molecule has 0 saturated carbocycles. The van der Waals surface area contributed by atoms with Crippen LogP contribution in [0.4, 0.5) is 5.69 Å². The molecule has 0 radical (unpaired) electrons. The summed E-state index contributed by atoms with van der Waals surface area (Å²) in [6.45, 7) is 9.61. The van der Waals surface area contributed by atoms with E-state index in [1.807, 2.05) is 0 Å². The van der Waals surface area contributed by atoms with Crippen molar-refractivity contribution in [1.82, 2.24) is 0 Å². The van der Waals surface area contributed by atoms with Gasteiger partial charge in [-0.3, -0.25) is 0 Å². The summed E-state index contributed by atoms with van der Waals surface area (Å²) in [6, 6.07) is 9.04. The summed E-state index contributed by atoms with van der Waals surface area (Å²) >= 11 is 0. The average molecular weight is 259 g/mol. The van der Waals surface area contributed by atoms with Gasteiger partial charge in [0.05, 0.1) is 0 Å². The van der Waals surface area contributed by atoms with Crippen LogP contribution in [0, 0.1) is 5.41 Å². The molecule has 19 heavy (non-hydrogen) atoms. The zero-order valence-corrected chi connectivity index (χ0v) is 12.9. The van der Waals surface area contributed by atoms with E-state index in [0.29, 0.717) is 5.41 Å². The van der Waals surface area contributed by atoms with Crippen LogP contribution in [0.5, 0.6) is 0 Å². The van der Waals surface area contributed by atoms with Gasteiger partial charge in [0.15, 0.2) is 0 Å². The summed E-state index contributed by atoms with van der Waals surface area (Å²) in [4.78, 5) is 2.57. The van der Waals surface area contributed by atoms with Crippen molar-refractivity contribution in [2.45, 2.75) is 59.3 Å².